The number of hydrogen-bond acceptors (Lipinski definition) is 4. The maximum absolute atomic E-state index is 5.21. The van der Waals surface area contributed by atoms with Gasteiger partial charge in [0, 0.05) is 12.2 Å². The van der Waals surface area contributed by atoms with Crippen molar-refractivity contribution < 1.29 is 4.74 Å². The van der Waals surface area contributed by atoms with E-state index < -0.39 is 0 Å². The number of pyridine rings is 1. The standard InChI is InChI=1S/C15H16N4O/c1-11-5-3-8-14-17-15(18-19(11)14)16-10-12-6-4-7-13(9-12)20-2/h3-9H,10H2,1-2H3,(H,16,18). The van der Waals surface area contributed by atoms with Gasteiger partial charge < -0.3 is 10.1 Å². The molecule has 0 atom stereocenters. The summed E-state index contributed by atoms with van der Waals surface area (Å²) in [5.74, 6) is 1.48. The van der Waals surface area contributed by atoms with Crippen LogP contribution in [-0.4, -0.2) is 21.7 Å². The van der Waals surface area contributed by atoms with Crippen molar-refractivity contribution in [3.05, 3.63) is 53.7 Å². The Morgan fingerprint density at radius 1 is 1.20 bits per heavy atom. The highest BCUT2D eigenvalue weighted by Gasteiger charge is 2.04. The van der Waals surface area contributed by atoms with Crippen molar-refractivity contribution in [3.8, 4) is 5.75 Å². The molecule has 2 aromatic heterocycles. The minimum absolute atomic E-state index is 0.627. The van der Waals surface area contributed by atoms with E-state index in [0.717, 1.165) is 22.7 Å². The van der Waals surface area contributed by atoms with Crippen LogP contribution in [0.15, 0.2) is 42.5 Å². The van der Waals surface area contributed by atoms with Crippen LogP contribution < -0.4 is 10.1 Å². The number of rotatable bonds is 4. The largest absolute Gasteiger partial charge is 0.497 e. The Morgan fingerprint density at radius 2 is 2.05 bits per heavy atom. The van der Waals surface area contributed by atoms with Crippen LogP contribution in [0.1, 0.15) is 11.3 Å². The predicted molar refractivity (Wildman–Crippen MR) is 78.0 cm³/mol. The molecule has 1 aromatic carbocycles. The zero-order chi connectivity index (χ0) is 13.9. The van der Waals surface area contributed by atoms with Crippen LogP contribution in [0.5, 0.6) is 5.75 Å². The molecule has 5 heteroatoms. The predicted octanol–water partition coefficient (Wildman–Crippen LogP) is 2.66. The first-order valence-electron chi connectivity index (χ1n) is 6.45. The highest BCUT2D eigenvalue weighted by molar-refractivity contribution is 5.44. The third-order valence-electron chi connectivity index (χ3n) is 3.13. The lowest BCUT2D eigenvalue weighted by atomic mass is 10.2. The second kappa shape index (κ2) is 5.21. The molecule has 0 spiro atoms. The molecule has 0 aliphatic carbocycles. The Labute approximate surface area is 117 Å². The highest BCUT2D eigenvalue weighted by atomic mass is 16.5. The lowest BCUT2D eigenvalue weighted by molar-refractivity contribution is 0.414. The van der Waals surface area contributed by atoms with Gasteiger partial charge in [-0.25, -0.2) is 4.52 Å². The number of anilines is 1. The quantitative estimate of drug-likeness (QED) is 0.790. The molecule has 0 saturated heterocycles. The Bertz CT molecular complexity index is 736. The van der Waals surface area contributed by atoms with Crippen molar-refractivity contribution in [3.63, 3.8) is 0 Å². The summed E-state index contributed by atoms with van der Waals surface area (Å²) in [4.78, 5) is 4.44. The SMILES string of the molecule is COc1cccc(CNc2nc3cccc(C)n3n2)c1. The molecule has 102 valence electrons. The van der Waals surface area contributed by atoms with Gasteiger partial charge in [0.1, 0.15) is 5.75 Å². The number of methoxy groups -OCH3 is 1. The van der Waals surface area contributed by atoms with Gasteiger partial charge in [0.25, 0.3) is 0 Å². The van der Waals surface area contributed by atoms with Gasteiger partial charge in [-0.15, -0.1) is 5.10 Å². The van der Waals surface area contributed by atoms with Crippen LogP contribution in [0.2, 0.25) is 0 Å². The maximum Gasteiger partial charge on any atom is 0.243 e. The van der Waals surface area contributed by atoms with E-state index in [0.29, 0.717) is 12.5 Å². The first-order chi connectivity index (χ1) is 9.76. The van der Waals surface area contributed by atoms with E-state index in [1.165, 1.54) is 0 Å². The van der Waals surface area contributed by atoms with Gasteiger partial charge in [-0.2, -0.15) is 4.98 Å². The molecule has 3 aromatic rings. The molecule has 0 fully saturated rings. The molecule has 0 saturated carbocycles. The van der Waals surface area contributed by atoms with Crippen molar-refractivity contribution >= 4 is 11.6 Å². The topological polar surface area (TPSA) is 51.5 Å². The summed E-state index contributed by atoms with van der Waals surface area (Å²) in [7, 11) is 1.67. The number of nitrogens with one attached hydrogen (secondary N) is 1. The number of fused-ring (bicyclic) bond motifs is 1. The second-order valence-corrected chi connectivity index (χ2v) is 4.58. The lowest BCUT2D eigenvalue weighted by Crippen LogP contribution is -2.01. The molecule has 0 unspecified atom stereocenters. The van der Waals surface area contributed by atoms with E-state index in [4.69, 9.17) is 4.74 Å². The van der Waals surface area contributed by atoms with Crippen LogP contribution in [0.25, 0.3) is 5.65 Å². The van der Waals surface area contributed by atoms with E-state index in [1.807, 2.05) is 53.9 Å². The van der Waals surface area contributed by atoms with Gasteiger partial charge in [-0.1, -0.05) is 18.2 Å². The molecule has 5 nitrogen and oxygen atoms in total. The number of aryl methyl sites for hydroxylation is 1. The third-order valence-corrected chi connectivity index (χ3v) is 3.13. The first-order valence-corrected chi connectivity index (χ1v) is 6.45. The Kier molecular flexibility index (Phi) is 3.25. The molecule has 0 bridgehead atoms. The summed E-state index contributed by atoms with van der Waals surface area (Å²) in [5, 5.41) is 7.66. The molecule has 0 amide bonds. The summed E-state index contributed by atoms with van der Waals surface area (Å²) < 4.78 is 7.03. The van der Waals surface area contributed by atoms with Gasteiger partial charge in [-0.3, -0.25) is 0 Å². The minimum Gasteiger partial charge on any atom is -0.497 e. The fraction of sp³-hybridized carbons (Fsp3) is 0.200. The Balaban J connectivity index is 1.78. The molecule has 0 aliphatic rings. The van der Waals surface area contributed by atoms with Crippen LogP contribution in [-0.2, 0) is 6.54 Å². The van der Waals surface area contributed by atoms with Gasteiger partial charge in [-0.05, 0) is 36.8 Å². The van der Waals surface area contributed by atoms with Crippen LogP contribution in [0, 0.1) is 6.92 Å². The normalized spacial score (nSPS) is 10.7. The van der Waals surface area contributed by atoms with Gasteiger partial charge in [0.15, 0.2) is 5.65 Å². The van der Waals surface area contributed by atoms with Crippen LogP contribution in [0.3, 0.4) is 0 Å². The van der Waals surface area contributed by atoms with E-state index in [9.17, 15) is 0 Å². The number of hydrogen-bond donors (Lipinski definition) is 1. The number of aromatic nitrogens is 3. The molecule has 1 N–H and O–H groups in total. The van der Waals surface area contributed by atoms with Crippen molar-refractivity contribution in [1.82, 2.24) is 14.6 Å². The van der Waals surface area contributed by atoms with Crippen molar-refractivity contribution in [2.24, 2.45) is 0 Å². The molecular weight excluding hydrogens is 252 g/mol. The number of benzene rings is 1. The van der Waals surface area contributed by atoms with Crippen molar-refractivity contribution in [2.45, 2.75) is 13.5 Å². The summed E-state index contributed by atoms with van der Waals surface area (Å²) in [6.45, 7) is 2.67. The Morgan fingerprint density at radius 3 is 2.85 bits per heavy atom. The van der Waals surface area contributed by atoms with E-state index in [-0.39, 0.29) is 0 Å². The minimum atomic E-state index is 0.627. The average Bonchev–Trinajstić information content (AvgIpc) is 2.90. The van der Waals surface area contributed by atoms with Gasteiger partial charge in [0.05, 0.1) is 7.11 Å². The van der Waals surface area contributed by atoms with Crippen molar-refractivity contribution in [2.75, 3.05) is 12.4 Å². The second-order valence-electron chi connectivity index (χ2n) is 4.58. The van der Waals surface area contributed by atoms with Crippen LogP contribution in [0.4, 0.5) is 5.95 Å². The fourth-order valence-corrected chi connectivity index (χ4v) is 2.07. The van der Waals surface area contributed by atoms with Crippen molar-refractivity contribution in [1.29, 1.82) is 0 Å². The van der Waals surface area contributed by atoms with Crippen LogP contribution >= 0.6 is 0 Å². The highest BCUT2D eigenvalue weighted by Crippen LogP contribution is 2.14. The molecule has 0 radical (unpaired) electrons. The molecular formula is C15H16N4O. The molecule has 3 rings (SSSR count). The Hall–Kier alpha value is -2.56. The number of ether oxygens (including phenoxy) is 1. The average molecular weight is 268 g/mol. The third kappa shape index (κ3) is 2.42. The molecule has 2 heterocycles. The van der Waals surface area contributed by atoms with E-state index >= 15 is 0 Å². The zero-order valence-corrected chi connectivity index (χ0v) is 11.5. The lowest BCUT2D eigenvalue weighted by Gasteiger charge is -2.04. The van der Waals surface area contributed by atoms with E-state index in [2.05, 4.69) is 15.4 Å². The zero-order valence-electron chi connectivity index (χ0n) is 11.5. The molecule has 0 aliphatic heterocycles. The first kappa shape index (κ1) is 12.5. The smallest absolute Gasteiger partial charge is 0.243 e. The van der Waals surface area contributed by atoms with Gasteiger partial charge >= 0.3 is 0 Å². The number of nitrogens with zero attached hydrogens (tertiary/aromatic N) is 3. The monoisotopic (exact) mass is 268 g/mol. The molecule has 20 heavy (non-hydrogen) atoms. The fourth-order valence-electron chi connectivity index (χ4n) is 2.07. The summed E-state index contributed by atoms with van der Waals surface area (Å²) in [6, 6.07) is 13.9. The summed E-state index contributed by atoms with van der Waals surface area (Å²) >= 11 is 0. The summed E-state index contributed by atoms with van der Waals surface area (Å²) in [6.07, 6.45) is 0. The summed E-state index contributed by atoms with van der Waals surface area (Å²) in [5.41, 5.74) is 3.03. The van der Waals surface area contributed by atoms with Gasteiger partial charge in [0.2, 0.25) is 5.95 Å². The maximum atomic E-state index is 5.21. The van der Waals surface area contributed by atoms with E-state index in [1.54, 1.807) is 7.11 Å².